The summed E-state index contributed by atoms with van der Waals surface area (Å²) in [5.41, 5.74) is 0.694. The predicted molar refractivity (Wildman–Crippen MR) is 68.1 cm³/mol. The molecule has 1 aromatic carbocycles. The van der Waals surface area contributed by atoms with Crippen LogP contribution in [0.4, 0.5) is 10.5 Å². The smallest absolute Gasteiger partial charge is 0.312 e. The molecule has 0 bridgehead atoms. The van der Waals surface area contributed by atoms with Gasteiger partial charge in [-0.2, -0.15) is 5.26 Å². The summed E-state index contributed by atoms with van der Waals surface area (Å²) in [7, 11) is 3.24. The molecule has 0 spiro atoms. The van der Waals surface area contributed by atoms with Crippen LogP contribution in [0.15, 0.2) is 24.3 Å². The Hall–Kier alpha value is -1.73. The van der Waals surface area contributed by atoms with Crippen LogP contribution in [0, 0.1) is 11.3 Å². The van der Waals surface area contributed by atoms with Gasteiger partial charge in [-0.25, -0.2) is 4.79 Å². The van der Waals surface area contributed by atoms with Crippen molar-refractivity contribution in [2.75, 3.05) is 19.0 Å². The van der Waals surface area contributed by atoms with Crippen LogP contribution in [0.2, 0.25) is 5.02 Å². The molecular formula is C12H14ClN3O. The molecule has 0 aliphatic rings. The molecule has 0 saturated carbocycles. The van der Waals surface area contributed by atoms with Gasteiger partial charge in [0, 0.05) is 24.8 Å². The molecule has 0 aliphatic carbocycles. The van der Waals surface area contributed by atoms with Crippen LogP contribution in [-0.2, 0) is 0 Å². The maximum absolute atomic E-state index is 12.0. The lowest BCUT2D eigenvalue weighted by Gasteiger charge is -2.26. The Morgan fingerprint density at radius 2 is 2.12 bits per heavy atom. The van der Waals surface area contributed by atoms with Crippen molar-refractivity contribution in [3.63, 3.8) is 0 Å². The van der Waals surface area contributed by atoms with E-state index in [-0.39, 0.29) is 6.03 Å². The van der Waals surface area contributed by atoms with Crippen molar-refractivity contribution in [1.29, 1.82) is 5.26 Å². The monoisotopic (exact) mass is 251 g/mol. The van der Waals surface area contributed by atoms with Gasteiger partial charge < -0.3 is 4.90 Å². The number of carbonyl (C=O) groups is 1. The van der Waals surface area contributed by atoms with Gasteiger partial charge in [-0.1, -0.05) is 17.7 Å². The number of hydrogen-bond acceptors (Lipinski definition) is 2. The molecule has 0 unspecified atom stereocenters. The van der Waals surface area contributed by atoms with E-state index in [2.05, 4.69) is 0 Å². The predicted octanol–water partition coefficient (Wildman–Crippen LogP) is 2.74. The number of urea groups is 1. The van der Waals surface area contributed by atoms with Gasteiger partial charge in [0.1, 0.15) is 6.04 Å². The topological polar surface area (TPSA) is 47.3 Å². The Bertz CT molecular complexity index is 455. The van der Waals surface area contributed by atoms with Crippen LogP contribution in [0.1, 0.15) is 6.92 Å². The van der Waals surface area contributed by atoms with Crippen molar-refractivity contribution in [2.24, 2.45) is 0 Å². The molecule has 0 heterocycles. The van der Waals surface area contributed by atoms with E-state index in [0.29, 0.717) is 10.7 Å². The molecule has 0 radical (unpaired) electrons. The van der Waals surface area contributed by atoms with E-state index in [1.54, 1.807) is 45.3 Å². The molecule has 0 fully saturated rings. The Kier molecular flexibility index (Phi) is 4.36. The number of anilines is 1. The van der Waals surface area contributed by atoms with Gasteiger partial charge in [-0.05, 0) is 25.1 Å². The molecule has 90 valence electrons. The second kappa shape index (κ2) is 5.55. The Morgan fingerprint density at radius 1 is 1.47 bits per heavy atom. The van der Waals surface area contributed by atoms with Gasteiger partial charge in [0.15, 0.2) is 0 Å². The molecule has 4 nitrogen and oxygen atoms in total. The van der Waals surface area contributed by atoms with Crippen LogP contribution in [0.5, 0.6) is 0 Å². The normalized spacial score (nSPS) is 11.5. The number of carbonyl (C=O) groups excluding carboxylic acids is 1. The summed E-state index contributed by atoms with van der Waals surface area (Å²) in [6.45, 7) is 1.67. The minimum absolute atomic E-state index is 0.249. The third-order valence-corrected chi connectivity index (χ3v) is 2.79. The fourth-order valence-corrected chi connectivity index (χ4v) is 1.47. The summed E-state index contributed by atoms with van der Waals surface area (Å²) in [4.78, 5) is 14.8. The lowest BCUT2D eigenvalue weighted by molar-refractivity contribution is 0.211. The second-order valence-electron chi connectivity index (χ2n) is 3.74. The number of rotatable bonds is 2. The summed E-state index contributed by atoms with van der Waals surface area (Å²) in [5.74, 6) is 0. The molecule has 5 heteroatoms. The summed E-state index contributed by atoms with van der Waals surface area (Å²) >= 11 is 5.86. The number of halogens is 1. The SMILES string of the molecule is C[C@H](C#N)N(C)C(=O)N(C)c1cccc(Cl)c1. The lowest BCUT2D eigenvalue weighted by atomic mass is 10.3. The largest absolute Gasteiger partial charge is 0.325 e. The quantitative estimate of drug-likeness (QED) is 0.811. The molecule has 1 rings (SSSR count). The maximum Gasteiger partial charge on any atom is 0.325 e. The van der Waals surface area contributed by atoms with Gasteiger partial charge in [0.2, 0.25) is 0 Å². The van der Waals surface area contributed by atoms with E-state index in [9.17, 15) is 4.79 Å². The first-order chi connectivity index (χ1) is 7.97. The van der Waals surface area contributed by atoms with E-state index in [0.717, 1.165) is 0 Å². The average Bonchev–Trinajstić information content (AvgIpc) is 2.35. The Balaban J connectivity index is 2.87. The van der Waals surface area contributed by atoms with Crippen LogP contribution >= 0.6 is 11.6 Å². The van der Waals surface area contributed by atoms with Crippen LogP contribution in [0.3, 0.4) is 0 Å². The molecule has 1 aromatic rings. The van der Waals surface area contributed by atoms with Crippen molar-refractivity contribution in [3.05, 3.63) is 29.3 Å². The first kappa shape index (κ1) is 13.3. The number of nitrogens with zero attached hydrogens (tertiary/aromatic N) is 3. The molecule has 0 saturated heterocycles. The van der Waals surface area contributed by atoms with E-state index in [1.807, 2.05) is 6.07 Å². The van der Waals surface area contributed by atoms with Crippen molar-refractivity contribution >= 4 is 23.3 Å². The lowest BCUT2D eigenvalue weighted by Crippen LogP contribution is -2.43. The van der Waals surface area contributed by atoms with Crippen molar-refractivity contribution in [3.8, 4) is 6.07 Å². The number of hydrogen-bond donors (Lipinski definition) is 0. The second-order valence-corrected chi connectivity index (χ2v) is 4.17. The van der Waals surface area contributed by atoms with E-state index in [1.165, 1.54) is 9.80 Å². The summed E-state index contributed by atoms with van der Waals surface area (Å²) in [6.07, 6.45) is 0. The van der Waals surface area contributed by atoms with Gasteiger partial charge in [-0.15, -0.1) is 0 Å². The Labute approximate surface area is 106 Å². The number of benzene rings is 1. The fourth-order valence-electron chi connectivity index (χ4n) is 1.28. The van der Waals surface area contributed by atoms with Gasteiger partial charge in [0.25, 0.3) is 0 Å². The minimum Gasteiger partial charge on any atom is -0.312 e. The van der Waals surface area contributed by atoms with Crippen molar-refractivity contribution in [2.45, 2.75) is 13.0 Å². The maximum atomic E-state index is 12.0. The zero-order valence-corrected chi connectivity index (χ0v) is 10.8. The minimum atomic E-state index is -0.468. The Morgan fingerprint density at radius 3 is 2.65 bits per heavy atom. The number of amides is 2. The molecule has 0 aliphatic heterocycles. The van der Waals surface area contributed by atoms with Crippen LogP contribution in [0.25, 0.3) is 0 Å². The molecule has 2 amide bonds. The van der Waals surface area contributed by atoms with Gasteiger partial charge in [0.05, 0.1) is 6.07 Å². The van der Waals surface area contributed by atoms with Crippen LogP contribution in [-0.4, -0.2) is 31.1 Å². The zero-order chi connectivity index (χ0) is 13.0. The van der Waals surface area contributed by atoms with E-state index < -0.39 is 6.04 Å². The molecular weight excluding hydrogens is 238 g/mol. The fraction of sp³-hybridized carbons (Fsp3) is 0.333. The van der Waals surface area contributed by atoms with Crippen LogP contribution < -0.4 is 4.90 Å². The van der Waals surface area contributed by atoms with Crippen molar-refractivity contribution < 1.29 is 4.79 Å². The average molecular weight is 252 g/mol. The standard InChI is InChI=1S/C12H14ClN3O/c1-9(8-14)15(2)12(17)16(3)11-6-4-5-10(13)7-11/h4-7,9H,1-3H3/t9-/m1/s1. The van der Waals surface area contributed by atoms with E-state index >= 15 is 0 Å². The summed E-state index contributed by atoms with van der Waals surface area (Å²) in [6, 6.07) is 8.30. The third kappa shape index (κ3) is 3.11. The highest BCUT2D eigenvalue weighted by atomic mass is 35.5. The summed E-state index contributed by atoms with van der Waals surface area (Å²) in [5, 5.41) is 9.33. The highest BCUT2D eigenvalue weighted by molar-refractivity contribution is 6.30. The first-order valence-corrected chi connectivity index (χ1v) is 5.51. The van der Waals surface area contributed by atoms with E-state index in [4.69, 9.17) is 16.9 Å². The van der Waals surface area contributed by atoms with Gasteiger partial charge >= 0.3 is 6.03 Å². The highest BCUT2D eigenvalue weighted by Crippen LogP contribution is 2.19. The third-order valence-electron chi connectivity index (χ3n) is 2.55. The molecule has 0 N–H and O–H groups in total. The van der Waals surface area contributed by atoms with Crippen molar-refractivity contribution in [1.82, 2.24) is 4.90 Å². The molecule has 17 heavy (non-hydrogen) atoms. The highest BCUT2D eigenvalue weighted by Gasteiger charge is 2.19. The number of nitriles is 1. The zero-order valence-electron chi connectivity index (χ0n) is 10.0. The molecule has 0 aromatic heterocycles. The first-order valence-electron chi connectivity index (χ1n) is 5.13. The molecule has 1 atom stereocenters. The summed E-state index contributed by atoms with van der Waals surface area (Å²) < 4.78 is 0. The van der Waals surface area contributed by atoms with Gasteiger partial charge in [-0.3, -0.25) is 4.90 Å².